The molecule has 0 unspecified atom stereocenters. The van der Waals surface area contributed by atoms with Crippen molar-refractivity contribution < 1.29 is 4.74 Å². The quantitative estimate of drug-likeness (QED) is 0.892. The Labute approximate surface area is 127 Å². The highest BCUT2D eigenvalue weighted by Crippen LogP contribution is 2.28. The fourth-order valence-electron chi connectivity index (χ4n) is 2.35. The SMILES string of the molecule is CCNCc1cc(C)nc(Oc2cc(C)cc(C)c2C)c1. The van der Waals surface area contributed by atoms with Gasteiger partial charge in [-0.1, -0.05) is 13.0 Å². The van der Waals surface area contributed by atoms with Crippen LogP contribution in [-0.2, 0) is 6.54 Å². The van der Waals surface area contributed by atoms with Crippen molar-refractivity contribution in [1.29, 1.82) is 0 Å². The first-order valence-electron chi connectivity index (χ1n) is 7.43. The summed E-state index contributed by atoms with van der Waals surface area (Å²) in [4.78, 5) is 4.49. The van der Waals surface area contributed by atoms with Gasteiger partial charge >= 0.3 is 0 Å². The third-order valence-corrected chi connectivity index (χ3v) is 3.55. The number of benzene rings is 1. The number of rotatable bonds is 5. The van der Waals surface area contributed by atoms with Crippen molar-refractivity contribution >= 4 is 0 Å². The Morgan fingerprint density at radius 2 is 1.81 bits per heavy atom. The van der Waals surface area contributed by atoms with Crippen molar-refractivity contribution in [3.63, 3.8) is 0 Å². The van der Waals surface area contributed by atoms with Gasteiger partial charge in [0.1, 0.15) is 5.75 Å². The fourth-order valence-corrected chi connectivity index (χ4v) is 2.35. The third kappa shape index (κ3) is 4.05. The minimum atomic E-state index is 0.663. The van der Waals surface area contributed by atoms with Crippen LogP contribution in [0.3, 0.4) is 0 Å². The lowest BCUT2D eigenvalue weighted by atomic mass is 10.1. The van der Waals surface area contributed by atoms with E-state index in [2.05, 4.69) is 56.2 Å². The zero-order chi connectivity index (χ0) is 15.4. The standard InChI is InChI=1S/C18H24N2O/c1-6-19-11-16-9-14(4)20-18(10-16)21-17-8-12(2)7-13(3)15(17)5/h7-10,19H,6,11H2,1-5H3. The van der Waals surface area contributed by atoms with Gasteiger partial charge < -0.3 is 10.1 Å². The number of hydrogen-bond acceptors (Lipinski definition) is 3. The van der Waals surface area contributed by atoms with Gasteiger partial charge in [-0.3, -0.25) is 0 Å². The highest BCUT2D eigenvalue weighted by atomic mass is 16.5. The normalized spacial score (nSPS) is 10.7. The molecule has 1 N–H and O–H groups in total. The lowest BCUT2D eigenvalue weighted by molar-refractivity contribution is 0.456. The molecule has 3 heteroatoms. The number of ether oxygens (including phenoxy) is 1. The zero-order valence-corrected chi connectivity index (χ0v) is 13.6. The van der Waals surface area contributed by atoms with Crippen molar-refractivity contribution in [1.82, 2.24) is 10.3 Å². The predicted octanol–water partition coefficient (Wildman–Crippen LogP) is 4.22. The van der Waals surface area contributed by atoms with E-state index in [0.717, 1.165) is 30.1 Å². The highest BCUT2D eigenvalue weighted by Gasteiger charge is 2.08. The van der Waals surface area contributed by atoms with E-state index < -0.39 is 0 Å². The van der Waals surface area contributed by atoms with E-state index in [9.17, 15) is 0 Å². The molecule has 0 atom stereocenters. The lowest BCUT2D eigenvalue weighted by Gasteiger charge is -2.13. The van der Waals surface area contributed by atoms with Gasteiger partial charge in [-0.05, 0) is 68.6 Å². The van der Waals surface area contributed by atoms with Crippen LogP contribution in [0.1, 0.15) is 34.9 Å². The van der Waals surface area contributed by atoms with Crippen LogP contribution >= 0.6 is 0 Å². The molecule has 3 nitrogen and oxygen atoms in total. The number of nitrogens with zero attached hydrogens (tertiary/aromatic N) is 1. The molecule has 0 spiro atoms. The molecular weight excluding hydrogens is 260 g/mol. The van der Waals surface area contributed by atoms with Gasteiger partial charge in [-0.2, -0.15) is 0 Å². The Morgan fingerprint density at radius 1 is 1.05 bits per heavy atom. The second-order valence-corrected chi connectivity index (χ2v) is 5.54. The molecule has 2 rings (SSSR count). The molecular formula is C18H24N2O. The minimum absolute atomic E-state index is 0.663. The second kappa shape index (κ2) is 6.72. The smallest absolute Gasteiger partial charge is 0.219 e. The molecule has 0 fully saturated rings. The molecule has 21 heavy (non-hydrogen) atoms. The minimum Gasteiger partial charge on any atom is -0.439 e. The number of hydrogen-bond donors (Lipinski definition) is 1. The number of nitrogens with one attached hydrogen (secondary N) is 1. The van der Waals surface area contributed by atoms with Crippen LogP contribution in [0.15, 0.2) is 24.3 Å². The largest absolute Gasteiger partial charge is 0.439 e. The van der Waals surface area contributed by atoms with Crippen LogP contribution < -0.4 is 10.1 Å². The molecule has 0 aliphatic heterocycles. The number of aryl methyl sites for hydroxylation is 3. The molecule has 0 aliphatic rings. The first-order chi connectivity index (χ1) is 9.99. The van der Waals surface area contributed by atoms with E-state index in [1.54, 1.807) is 0 Å². The molecule has 1 heterocycles. The van der Waals surface area contributed by atoms with Crippen molar-refractivity contribution in [2.75, 3.05) is 6.54 Å². The van der Waals surface area contributed by atoms with Crippen molar-refractivity contribution in [3.8, 4) is 11.6 Å². The van der Waals surface area contributed by atoms with Gasteiger partial charge in [-0.25, -0.2) is 4.98 Å². The molecule has 1 aromatic carbocycles. The molecule has 0 amide bonds. The summed E-state index contributed by atoms with van der Waals surface area (Å²) in [5, 5.41) is 3.33. The highest BCUT2D eigenvalue weighted by molar-refractivity contribution is 5.44. The van der Waals surface area contributed by atoms with E-state index in [1.165, 1.54) is 16.7 Å². The van der Waals surface area contributed by atoms with Gasteiger partial charge in [0.25, 0.3) is 0 Å². The van der Waals surface area contributed by atoms with Crippen LogP contribution in [0.2, 0.25) is 0 Å². The Balaban J connectivity index is 2.29. The maximum atomic E-state index is 6.03. The molecule has 1 aromatic heterocycles. The summed E-state index contributed by atoms with van der Waals surface area (Å²) in [6.45, 7) is 12.2. The monoisotopic (exact) mass is 284 g/mol. The maximum absolute atomic E-state index is 6.03. The molecule has 0 bridgehead atoms. The Morgan fingerprint density at radius 3 is 2.52 bits per heavy atom. The summed E-state index contributed by atoms with van der Waals surface area (Å²) in [5.74, 6) is 1.55. The van der Waals surface area contributed by atoms with Crippen LogP contribution in [0.5, 0.6) is 11.6 Å². The summed E-state index contributed by atoms with van der Waals surface area (Å²) in [7, 11) is 0. The van der Waals surface area contributed by atoms with Crippen LogP contribution in [0, 0.1) is 27.7 Å². The van der Waals surface area contributed by atoms with Crippen LogP contribution in [0.4, 0.5) is 0 Å². The Hall–Kier alpha value is -1.87. The summed E-state index contributed by atoms with van der Waals surface area (Å²) in [6, 6.07) is 8.33. The zero-order valence-electron chi connectivity index (χ0n) is 13.6. The van der Waals surface area contributed by atoms with Gasteiger partial charge in [0, 0.05) is 18.3 Å². The van der Waals surface area contributed by atoms with Crippen molar-refractivity contribution in [2.24, 2.45) is 0 Å². The van der Waals surface area contributed by atoms with E-state index in [-0.39, 0.29) is 0 Å². The number of aromatic nitrogens is 1. The molecule has 2 aromatic rings. The van der Waals surface area contributed by atoms with Crippen LogP contribution in [-0.4, -0.2) is 11.5 Å². The fraction of sp³-hybridized carbons (Fsp3) is 0.389. The first kappa shape index (κ1) is 15.5. The van der Waals surface area contributed by atoms with E-state index in [0.29, 0.717) is 5.88 Å². The molecule has 112 valence electrons. The Bertz CT molecular complexity index is 635. The van der Waals surface area contributed by atoms with Gasteiger partial charge in [0.15, 0.2) is 0 Å². The maximum Gasteiger partial charge on any atom is 0.219 e. The average molecular weight is 284 g/mol. The topological polar surface area (TPSA) is 34.2 Å². The first-order valence-corrected chi connectivity index (χ1v) is 7.43. The summed E-state index contributed by atoms with van der Waals surface area (Å²) in [6.07, 6.45) is 0. The Kier molecular flexibility index (Phi) is 4.97. The predicted molar refractivity (Wildman–Crippen MR) is 87.1 cm³/mol. The molecule has 0 saturated carbocycles. The molecule has 0 radical (unpaired) electrons. The van der Waals surface area contributed by atoms with Gasteiger partial charge in [0.05, 0.1) is 0 Å². The summed E-state index contributed by atoms with van der Waals surface area (Å²) >= 11 is 0. The van der Waals surface area contributed by atoms with E-state index >= 15 is 0 Å². The summed E-state index contributed by atoms with van der Waals surface area (Å²) < 4.78 is 6.03. The van der Waals surface area contributed by atoms with Crippen molar-refractivity contribution in [3.05, 3.63) is 52.2 Å². The van der Waals surface area contributed by atoms with Crippen LogP contribution in [0.25, 0.3) is 0 Å². The van der Waals surface area contributed by atoms with Gasteiger partial charge in [0.2, 0.25) is 5.88 Å². The molecule has 0 aliphatic carbocycles. The number of pyridine rings is 1. The second-order valence-electron chi connectivity index (χ2n) is 5.54. The molecule has 0 saturated heterocycles. The lowest BCUT2D eigenvalue weighted by Crippen LogP contribution is -2.12. The third-order valence-electron chi connectivity index (χ3n) is 3.55. The summed E-state index contributed by atoms with van der Waals surface area (Å²) in [5.41, 5.74) is 5.78. The van der Waals surface area contributed by atoms with Crippen molar-refractivity contribution in [2.45, 2.75) is 41.2 Å². The average Bonchev–Trinajstić information content (AvgIpc) is 2.41. The van der Waals surface area contributed by atoms with E-state index in [4.69, 9.17) is 4.74 Å². The van der Waals surface area contributed by atoms with E-state index in [1.807, 2.05) is 13.0 Å². The van der Waals surface area contributed by atoms with Gasteiger partial charge in [-0.15, -0.1) is 0 Å².